The van der Waals surface area contributed by atoms with Gasteiger partial charge < -0.3 is 14.7 Å². The number of benzene rings is 1. The van der Waals surface area contributed by atoms with E-state index in [9.17, 15) is 24.0 Å². The molecule has 178 valence electrons. The highest BCUT2D eigenvalue weighted by Gasteiger charge is 2.37. The number of carbonyl (C=O) groups is 5. The molecule has 2 aliphatic heterocycles. The van der Waals surface area contributed by atoms with Crippen molar-refractivity contribution in [3.8, 4) is 0 Å². The van der Waals surface area contributed by atoms with Crippen molar-refractivity contribution in [2.24, 2.45) is 5.92 Å². The number of carboxylic acid groups (broad SMARTS) is 1. The number of carbonyl (C=O) groups excluding carboxylic acids is 4. The zero-order chi connectivity index (χ0) is 24.0. The van der Waals surface area contributed by atoms with Crippen LogP contribution in [0, 0.1) is 5.92 Å². The van der Waals surface area contributed by atoms with E-state index < -0.39 is 18.0 Å². The van der Waals surface area contributed by atoms with E-state index in [0.29, 0.717) is 56.4 Å². The summed E-state index contributed by atoms with van der Waals surface area (Å²) in [6, 6.07) is 6.79. The fourth-order valence-corrected chi connectivity index (χ4v) is 4.33. The van der Waals surface area contributed by atoms with E-state index in [1.165, 1.54) is 4.90 Å². The Morgan fingerprint density at radius 3 is 2.24 bits per heavy atom. The summed E-state index contributed by atoms with van der Waals surface area (Å²) in [6.45, 7) is 3.14. The molecule has 1 saturated heterocycles. The Bertz CT molecular complexity index is 894. The fraction of sp³-hybridized carbons (Fsp3) is 0.542. The number of imide groups is 1. The van der Waals surface area contributed by atoms with Gasteiger partial charge in [0.2, 0.25) is 5.91 Å². The molecule has 33 heavy (non-hydrogen) atoms. The first-order valence-electron chi connectivity index (χ1n) is 11.5. The molecule has 0 spiro atoms. The minimum Gasteiger partial charge on any atom is -0.481 e. The van der Waals surface area contributed by atoms with Crippen LogP contribution in [0.15, 0.2) is 24.3 Å². The van der Waals surface area contributed by atoms with E-state index in [-0.39, 0.29) is 36.5 Å². The quantitative estimate of drug-likeness (QED) is 0.307. The largest absolute Gasteiger partial charge is 0.481 e. The molecule has 0 saturated carbocycles. The van der Waals surface area contributed by atoms with Crippen LogP contribution in [-0.4, -0.2) is 70.3 Å². The molecule has 1 aromatic rings. The van der Waals surface area contributed by atoms with Gasteiger partial charge in [0.15, 0.2) is 0 Å². The number of hydrogen-bond acceptors (Lipinski definition) is 6. The summed E-state index contributed by atoms with van der Waals surface area (Å²) < 4.78 is 5.43. The molecule has 9 nitrogen and oxygen atoms in total. The molecule has 2 aliphatic rings. The maximum atomic E-state index is 12.6. The molecule has 0 radical (unpaired) electrons. The van der Waals surface area contributed by atoms with Crippen LogP contribution < -0.4 is 0 Å². The second-order valence-electron chi connectivity index (χ2n) is 8.51. The molecule has 2 unspecified atom stereocenters. The second kappa shape index (κ2) is 11.1. The van der Waals surface area contributed by atoms with Crippen molar-refractivity contribution >= 4 is 29.7 Å². The number of aliphatic carboxylic acids is 1. The minimum absolute atomic E-state index is 0.0155. The summed E-state index contributed by atoms with van der Waals surface area (Å²) in [5.41, 5.74) is 0.880. The number of ether oxygens (including phenoxy) is 1. The standard InChI is InChI=1S/C24H30N2O7/c1-2-16-14-25(15-19(16)33-22(30)12-11-21(28)29)20(27)10-4-3-7-13-26-23(31)17-8-5-6-9-18(17)24(26)32/h5-6,8-9,16,19H,2-4,7,10-15H2,1H3,(H,28,29). The number of hydrogen-bond donors (Lipinski definition) is 1. The van der Waals surface area contributed by atoms with E-state index in [1.54, 1.807) is 29.2 Å². The summed E-state index contributed by atoms with van der Waals surface area (Å²) in [5, 5.41) is 8.69. The van der Waals surface area contributed by atoms with Gasteiger partial charge in [-0.2, -0.15) is 0 Å². The Morgan fingerprint density at radius 1 is 0.970 bits per heavy atom. The smallest absolute Gasteiger partial charge is 0.306 e. The Morgan fingerprint density at radius 2 is 1.64 bits per heavy atom. The monoisotopic (exact) mass is 458 g/mol. The number of fused-ring (bicyclic) bond motifs is 1. The first kappa shape index (κ1) is 24.4. The molecule has 3 rings (SSSR count). The molecule has 0 aliphatic carbocycles. The van der Waals surface area contributed by atoms with Gasteiger partial charge in [0.25, 0.3) is 11.8 Å². The number of carboxylic acids is 1. The first-order chi connectivity index (χ1) is 15.8. The van der Waals surface area contributed by atoms with Gasteiger partial charge in [0.1, 0.15) is 6.10 Å². The lowest BCUT2D eigenvalue weighted by Crippen LogP contribution is -2.31. The van der Waals surface area contributed by atoms with Gasteiger partial charge in [-0.25, -0.2) is 0 Å². The predicted octanol–water partition coefficient (Wildman–Crippen LogP) is 2.49. The molecule has 2 heterocycles. The van der Waals surface area contributed by atoms with Gasteiger partial charge in [-0.05, 0) is 31.4 Å². The highest BCUT2D eigenvalue weighted by molar-refractivity contribution is 6.21. The van der Waals surface area contributed by atoms with E-state index >= 15 is 0 Å². The second-order valence-corrected chi connectivity index (χ2v) is 8.51. The molecular weight excluding hydrogens is 428 g/mol. The lowest BCUT2D eigenvalue weighted by molar-refractivity contribution is -0.153. The third-order valence-corrected chi connectivity index (χ3v) is 6.23. The van der Waals surface area contributed by atoms with Crippen LogP contribution in [0.5, 0.6) is 0 Å². The van der Waals surface area contributed by atoms with E-state index in [0.717, 1.165) is 6.42 Å². The predicted molar refractivity (Wildman–Crippen MR) is 117 cm³/mol. The Labute approximate surface area is 192 Å². The zero-order valence-electron chi connectivity index (χ0n) is 18.8. The molecule has 1 aromatic carbocycles. The van der Waals surface area contributed by atoms with Crippen LogP contribution in [0.25, 0.3) is 0 Å². The molecule has 2 atom stereocenters. The maximum Gasteiger partial charge on any atom is 0.306 e. The van der Waals surface area contributed by atoms with Crippen LogP contribution in [0.4, 0.5) is 0 Å². The third kappa shape index (κ3) is 5.97. The van der Waals surface area contributed by atoms with E-state index in [4.69, 9.17) is 9.84 Å². The molecule has 3 amide bonds. The summed E-state index contributed by atoms with van der Waals surface area (Å²) in [6.07, 6.45) is 2.21. The highest BCUT2D eigenvalue weighted by atomic mass is 16.5. The molecule has 0 aromatic heterocycles. The lowest BCUT2D eigenvalue weighted by atomic mass is 10.0. The van der Waals surface area contributed by atoms with Gasteiger partial charge in [-0.15, -0.1) is 0 Å². The third-order valence-electron chi connectivity index (χ3n) is 6.23. The molecular formula is C24H30N2O7. The van der Waals surface area contributed by atoms with Crippen LogP contribution in [0.1, 0.15) is 72.6 Å². The Hall–Kier alpha value is -3.23. The van der Waals surface area contributed by atoms with Crippen molar-refractivity contribution < 1.29 is 33.8 Å². The van der Waals surface area contributed by atoms with Crippen molar-refractivity contribution in [1.29, 1.82) is 0 Å². The van der Waals surface area contributed by atoms with Crippen molar-refractivity contribution in [2.75, 3.05) is 19.6 Å². The Balaban J connectivity index is 1.38. The van der Waals surface area contributed by atoms with Crippen molar-refractivity contribution in [3.05, 3.63) is 35.4 Å². The number of likely N-dealkylation sites (tertiary alicyclic amines) is 1. The van der Waals surface area contributed by atoms with Crippen LogP contribution in [0.2, 0.25) is 0 Å². The average Bonchev–Trinajstić information content (AvgIpc) is 3.31. The first-order valence-corrected chi connectivity index (χ1v) is 11.5. The van der Waals surface area contributed by atoms with Crippen molar-refractivity contribution in [2.45, 2.75) is 58.0 Å². The van der Waals surface area contributed by atoms with Crippen LogP contribution >= 0.6 is 0 Å². The van der Waals surface area contributed by atoms with Gasteiger partial charge in [0.05, 0.1) is 30.5 Å². The van der Waals surface area contributed by atoms with Crippen LogP contribution in [-0.2, 0) is 19.1 Å². The van der Waals surface area contributed by atoms with Crippen molar-refractivity contribution in [1.82, 2.24) is 9.80 Å². The van der Waals surface area contributed by atoms with Gasteiger partial charge in [-0.3, -0.25) is 28.9 Å². The Kier molecular flexibility index (Phi) is 8.19. The fourth-order valence-electron chi connectivity index (χ4n) is 4.33. The normalized spacial score (nSPS) is 19.7. The summed E-state index contributed by atoms with van der Waals surface area (Å²) in [5.74, 6) is -2.11. The zero-order valence-corrected chi connectivity index (χ0v) is 18.8. The average molecular weight is 459 g/mol. The number of amides is 3. The molecule has 9 heteroatoms. The molecule has 0 bridgehead atoms. The minimum atomic E-state index is -1.05. The van der Waals surface area contributed by atoms with Crippen molar-refractivity contribution in [3.63, 3.8) is 0 Å². The number of nitrogens with zero attached hydrogens (tertiary/aromatic N) is 2. The SMILES string of the molecule is CCC1CN(C(=O)CCCCCN2C(=O)c3ccccc3C2=O)CC1OC(=O)CCC(=O)O. The summed E-state index contributed by atoms with van der Waals surface area (Å²) >= 11 is 0. The molecule has 1 fully saturated rings. The van der Waals surface area contributed by atoms with E-state index in [1.807, 2.05) is 6.92 Å². The van der Waals surface area contributed by atoms with Gasteiger partial charge in [-0.1, -0.05) is 25.5 Å². The van der Waals surface area contributed by atoms with Crippen LogP contribution in [0.3, 0.4) is 0 Å². The van der Waals surface area contributed by atoms with Gasteiger partial charge in [0, 0.05) is 25.4 Å². The number of esters is 1. The summed E-state index contributed by atoms with van der Waals surface area (Å²) in [7, 11) is 0. The van der Waals surface area contributed by atoms with E-state index in [2.05, 4.69) is 0 Å². The topological polar surface area (TPSA) is 121 Å². The highest BCUT2D eigenvalue weighted by Crippen LogP contribution is 2.25. The number of rotatable bonds is 11. The maximum absolute atomic E-state index is 12.6. The number of unbranched alkanes of at least 4 members (excludes halogenated alkanes) is 2. The van der Waals surface area contributed by atoms with Gasteiger partial charge >= 0.3 is 11.9 Å². The lowest BCUT2D eigenvalue weighted by Gasteiger charge is -2.17. The summed E-state index contributed by atoms with van der Waals surface area (Å²) in [4.78, 5) is 62.8. The molecule has 1 N–H and O–H groups in total.